The summed E-state index contributed by atoms with van der Waals surface area (Å²) in [7, 11) is 2.81. The first-order valence-electron chi connectivity index (χ1n) is 7.70. The molecule has 9 heteroatoms. The molecule has 2 amide bonds. The smallest absolute Gasteiger partial charge is 0.406 e. The van der Waals surface area contributed by atoms with Gasteiger partial charge in [0.15, 0.2) is 0 Å². The first kappa shape index (κ1) is 19.5. The van der Waals surface area contributed by atoms with Gasteiger partial charge in [-0.3, -0.25) is 9.59 Å². The number of amides is 2. The Morgan fingerprint density at radius 1 is 1.12 bits per heavy atom. The highest BCUT2D eigenvalue weighted by atomic mass is 19.4. The molecule has 1 aromatic carbocycles. The monoisotopic (exact) mass is 369 g/mol. The van der Waals surface area contributed by atoms with E-state index in [-0.39, 0.29) is 11.6 Å². The minimum atomic E-state index is -4.61. The van der Waals surface area contributed by atoms with Crippen LogP contribution in [0.4, 0.5) is 13.2 Å². The fraction of sp³-hybridized carbons (Fsp3) is 0.353. The second-order valence-corrected chi connectivity index (χ2v) is 5.84. The van der Waals surface area contributed by atoms with E-state index in [0.717, 1.165) is 4.90 Å². The highest BCUT2D eigenvalue weighted by Gasteiger charge is 2.34. The molecule has 1 heterocycles. The summed E-state index contributed by atoms with van der Waals surface area (Å²) in [5, 5.41) is 0. The summed E-state index contributed by atoms with van der Waals surface area (Å²) < 4.78 is 43.5. The fourth-order valence-electron chi connectivity index (χ4n) is 2.12. The van der Waals surface area contributed by atoms with Crippen LogP contribution in [0.25, 0.3) is 11.5 Å². The number of rotatable bonds is 6. The molecule has 0 aliphatic rings. The first-order chi connectivity index (χ1) is 12.2. The second-order valence-electron chi connectivity index (χ2n) is 5.84. The Morgan fingerprint density at radius 2 is 1.77 bits per heavy atom. The van der Waals surface area contributed by atoms with Crippen molar-refractivity contribution in [3.63, 3.8) is 0 Å². The predicted octanol–water partition coefficient (Wildman–Crippen LogP) is 2.36. The molecule has 2 aromatic rings. The Hall–Kier alpha value is -2.84. The maximum absolute atomic E-state index is 12.7. The minimum absolute atomic E-state index is 0.193. The zero-order chi connectivity index (χ0) is 19.3. The van der Waals surface area contributed by atoms with Crippen LogP contribution in [0.5, 0.6) is 0 Å². The van der Waals surface area contributed by atoms with Gasteiger partial charge >= 0.3 is 6.18 Å². The van der Waals surface area contributed by atoms with Gasteiger partial charge in [0.05, 0.1) is 12.1 Å². The van der Waals surface area contributed by atoms with Crippen LogP contribution in [0.15, 0.2) is 41.0 Å². The maximum atomic E-state index is 12.7. The van der Waals surface area contributed by atoms with Crippen LogP contribution >= 0.6 is 0 Å². The van der Waals surface area contributed by atoms with Crippen molar-refractivity contribution in [2.45, 2.75) is 12.6 Å². The number of alkyl halides is 3. The van der Waals surface area contributed by atoms with Crippen molar-refractivity contribution in [2.75, 3.05) is 27.2 Å². The van der Waals surface area contributed by atoms with Crippen LogP contribution in [-0.2, 0) is 16.0 Å². The molecule has 140 valence electrons. The molecule has 0 spiro atoms. The molecule has 0 aliphatic heterocycles. The van der Waals surface area contributed by atoms with Crippen molar-refractivity contribution < 1.29 is 27.2 Å². The van der Waals surface area contributed by atoms with Gasteiger partial charge in [0.2, 0.25) is 17.7 Å². The largest absolute Gasteiger partial charge is 0.444 e. The Morgan fingerprint density at radius 3 is 2.35 bits per heavy atom. The lowest BCUT2D eigenvalue weighted by molar-refractivity contribution is -0.163. The normalized spacial score (nSPS) is 11.3. The third-order valence-electron chi connectivity index (χ3n) is 3.45. The van der Waals surface area contributed by atoms with E-state index < -0.39 is 37.5 Å². The Labute approximate surface area is 148 Å². The number of carbonyl (C=O) groups is 2. The maximum Gasteiger partial charge on any atom is 0.406 e. The Kier molecular flexibility index (Phi) is 6.01. The zero-order valence-corrected chi connectivity index (χ0v) is 14.3. The van der Waals surface area contributed by atoms with E-state index in [1.807, 2.05) is 6.07 Å². The second kappa shape index (κ2) is 8.03. The van der Waals surface area contributed by atoms with Gasteiger partial charge < -0.3 is 14.2 Å². The van der Waals surface area contributed by atoms with Crippen molar-refractivity contribution in [3.8, 4) is 11.5 Å². The SMILES string of the molecule is CN(C)C(=O)CN(CC(F)(F)F)C(=O)Cc1coc(-c2ccccc2)n1. The average Bonchev–Trinajstić information content (AvgIpc) is 3.02. The lowest BCUT2D eigenvalue weighted by Gasteiger charge is -2.24. The van der Waals surface area contributed by atoms with E-state index >= 15 is 0 Å². The molecule has 0 fully saturated rings. The summed E-state index contributed by atoms with van der Waals surface area (Å²) in [5.41, 5.74) is 0.875. The topological polar surface area (TPSA) is 66.7 Å². The van der Waals surface area contributed by atoms with E-state index in [4.69, 9.17) is 4.42 Å². The van der Waals surface area contributed by atoms with Gasteiger partial charge in [-0.15, -0.1) is 0 Å². The number of benzene rings is 1. The van der Waals surface area contributed by atoms with Crippen molar-refractivity contribution in [1.82, 2.24) is 14.8 Å². The quantitative estimate of drug-likeness (QED) is 0.784. The van der Waals surface area contributed by atoms with Crippen LogP contribution in [0, 0.1) is 0 Å². The summed E-state index contributed by atoms with van der Waals surface area (Å²) in [6, 6.07) is 8.88. The Balaban J connectivity index is 2.11. The zero-order valence-electron chi connectivity index (χ0n) is 14.3. The van der Waals surface area contributed by atoms with E-state index in [1.165, 1.54) is 20.4 Å². The molecule has 0 radical (unpaired) electrons. The van der Waals surface area contributed by atoms with Crippen molar-refractivity contribution in [2.24, 2.45) is 0 Å². The molecule has 0 atom stereocenters. The molecule has 2 rings (SSSR count). The minimum Gasteiger partial charge on any atom is -0.444 e. The van der Waals surface area contributed by atoms with E-state index in [9.17, 15) is 22.8 Å². The number of hydrogen-bond donors (Lipinski definition) is 0. The summed E-state index contributed by atoms with van der Waals surface area (Å²) in [4.78, 5) is 29.7. The number of likely N-dealkylation sites (N-methyl/N-ethyl adjacent to an activating group) is 1. The number of oxazole rings is 1. The van der Waals surface area contributed by atoms with Gasteiger partial charge in [0.1, 0.15) is 19.4 Å². The lowest BCUT2D eigenvalue weighted by atomic mass is 10.2. The van der Waals surface area contributed by atoms with Gasteiger partial charge in [0.25, 0.3) is 0 Å². The summed E-state index contributed by atoms with van der Waals surface area (Å²) in [5.74, 6) is -1.20. The molecule has 0 unspecified atom stereocenters. The molecule has 0 N–H and O–H groups in total. The van der Waals surface area contributed by atoms with E-state index in [2.05, 4.69) is 4.98 Å². The number of halogens is 3. The third-order valence-corrected chi connectivity index (χ3v) is 3.45. The Bertz CT molecular complexity index is 757. The van der Waals surface area contributed by atoms with Crippen molar-refractivity contribution >= 4 is 11.8 Å². The standard InChI is InChI=1S/C17H18F3N3O3/c1-22(2)15(25)9-23(11-17(18,19)20)14(24)8-13-10-26-16(21-13)12-6-4-3-5-7-12/h3-7,10H,8-9,11H2,1-2H3. The summed E-state index contributed by atoms with van der Waals surface area (Å²) in [6.45, 7) is -2.16. The molecule has 0 saturated carbocycles. The van der Waals surface area contributed by atoms with Gasteiger partial charge in [-0.05, 0) is 12.1 Å². The molecule has 0 aliphatic carbocycles. The van der Waals surface area contributed by atoms with Crippen LogP contribution in [0.3, 0.4) is 0 Å². The number of carbonyl (C=O) groups excluding carboxylic acids is 2. The summed E-state index contributed by atoms with van der Waals surface area (Å²) >= 11 is 0. The van der Waals surface area contributed by atoms with Crippen LogP contribution in [-0.4, -0.2) is 60.0 Å². The highest BCUT2D eigenvalue weighted by molar-refractivity contribution is 5.85. The number of hydrogen-bond acceptors (Lipinski definition) is 4. The van der Waals surface area contributed by atoms with E-state index in [0.29, 0.717) is 10.5 Å². The van der Waals surface area contributed by atoms with Gasteiger partial charge in [0, 0.05) is 19.7 Å². The molecular weight excluding hydrogens is 351 g/mol. The predicted molar refractivity (Wildman–Crippen MR) is 87.0 cm³/mol. The number of aromatic nitrogens is 1. The van der Waals surface area contributed by atoms with Crippen molar-refractivity contribution in [3.05, 3.63) is 42.3 Å². The third kappa shape index (κ3) is 5.61. The van der Waals surface area contributed by atoms with Crippen LogP contribution in [0.2, 0.25) is 0 Å². The van der Waals surface area contributed by atoms with Gasteiger partial charge in [-0.25, -0.2) is 4.98 Å². The molecule has 1 aromatic heterocycles. The first-order valence-corrected chi connectivity index (χ1v) is 7.70. The molecule has 6 nitrogen and oxygen atoms in total. The molecule has 26 heavy (non-hydrogen) atoms. The molecule has 0 saturated heterocycles. The van der Waals surface area contributed by atoms with Crippen molar-refractivity contribution in [1.29, 1.82) is 0 Å². The molecular formula is C17H18F3N3O3. The lowest BCUT2D eigenvalue weighted by Crippen LogP contribution is -2.45. The molecule has 0 bridgehead atoms. The fourth-order valence-corrected chi connectivity index (χ4v) is 2.12. The van der Waals surface area contributed by atoms with E-state index in [1.54, 1.807) is 24.3 Å². The summed E-state index contributed by atoms with van der Waals surface area (Å²) in [6.07, 6.45) is -3.78. The van der Waals surface area contributed by atoms with Crippen LogP contribution < -0.4 is 0 Å². The van der Waals surface area contributed by atoms with Gasteiger partial charge in [-0.1, -0.05) is 18.2 Å². The van der Waals surface area contributed by atoms with Gasteiger partial charge in [-0.2, -0.15) is 13.2 Å². The highest BCUT2D eigenvalue weighted by Crippen LogP contribution is 2.20. The average molecular weight is 369 g/mol. The number of nitrogens with zero attached hydrogens (tertiary/aromatic N) is 3. The van der Waals surface area contributed by atoms with Crippen LogP contribution in [0.1, 0.15) is 5.69 Å².